The third kappa shape index (κ3) is 2.65. The van der Waals surface area contributed by atoms with Crippen molar-refractivity contribution in [3.63, 3.8) is 0 Å². The van der Waals surface area contributed by atoms with Gasteiger partial charge in [0.2, 0.25) is 0 Å². The van der Waals surface area contributed by atoms with E-state index in [2.05, 4.69) is 5.32 Å². The molecule has 0 amide bonds. The summed E-state index contributed by atoms with van der Waals surface area (Å²) >= 11 is 0. The van der Waals surface area contributed by atoms with Crippen LogP contribution in [0.25, 0.3) is 0 Å². The maximum Gasteiger partial charge on any atom is 0.115 e. The molecule has 0 unspecified atom stereocenters. The van der Waals surface area contributed by atoms with Crippen LogP contribution in [0.15, 0.2) is 18.2 Å². The lowest BCUT2D eigenvalue weighted by molar-refractivity contribution is 0.475. The van der Waals surface area contributed by atoms with Crippen molar-refractivity contribution >= 4 is 5.69 Å². The lowest BCUT2D eigenvalue weighted by Crippen LogP contribution is -2.11. The average Bonchev–Trinajstić information content (AvgIpc) is 2.69. The van der Waals surface area contributed by atoms with E-state index in [0.717, 1.165) is 23.7 Å². The van der Waals surface area contributed by atoms with Gasteiger partial charge in [0.25, 0.3) is 0 Å². The van der Waals surface area contributed by atoms with Gasteiger partial charge in [0.1, 0.15) is 5.75 Å². The quantitative estimate of drug-likeness (QED) is 0.742. The number of hydrogen-bond acceptors (Lipinski definition) is 2. The first-order chi connectivity index (χ1) is 7.25. The van der Waals surface area contributed by atoms with Gasteiger partial charge in [-0.1, -0.05) is 12.8 Å². The molecule has 0 bridgehead atoms. The second-order valence-electron chi connectivity index (χ2n) is 4.53. The molecular formula is C13H19NO. The van der Waals surface area contributed by atoms with Crippen LogP contribution in [0.5, 0.6) is 5.75 Å². The van der Waals surface area contributed by atoms with E-state index >= 15 is 0 Å². The minimum atomic E-state index is 0.346. The van der Waals surface area contributed by atoms with E-state index in [-0.39, 0.29) is 0 Å². The number of hydrogen-bond donors (Lipinski definition) is 2. The van der Waals surface area contributed by atoms with Gasteiger partial charge < -0.3 is 10.4 Å². The molecule has 1 aromatic rings. The SMILES string of the molecule is Cc1cc(O)ccc1NCC1CCCC1. The molecule has 0 radical (unpaired) electrons. The Morgan fingerprint density at radius 1 is 1.33 bits per heavy atom. The average molecular weight is 205 g/mol. The Bertz CT molecular complexity index is 329. The molecule has 2 N–H and O–H groups in total. The topological polar surface area (TPSA) is 32.3 Å². The second kappa shape index (κ2) is 4.56. The molecule has 0 saturated heterocycles. The van der Waals surface area contributed by atoms with Crippen molar-refractivity contribution in [3.8, 4) is 5.75 Å². The molecule has 0 atom stereocenters. The maximum absolute atomic E-state index is 9.29. The third-order valence-corrected chi connectivity index (χ3v) is 3.27. The Labute approximate surface area is 91.3 Å². The first-order valence-corrected chi connectivity index (χ1v) is 5.79. The fourth-order valence-electron chi connectivity index (χ4n) is 2.31. The van der Waals surface area contributed by atoms with E-state index in [4.69, 9.17) is 0 Å². The van der Waals surface area contributed by atoms with Crippen LogP contribution in [-0.2, 0) is 0 Å². The molecule has 1 fully saturated rings. The van der Waals surface area contributed by atoms with Crippen LogP contribution in [0, 0.1) is 12.8 Å². The zero-order chi connectivity index (χ0) is 10.7. The van der Waals surface area contributed by atoms with Crippen molar-refractivity contribution in [3.05, 3.63) is 23.8 Å². The molecule has 0 heterocycles. The summed E-state index contributed by atoms with van der Waals surface area (Å²) in [5.41, 5.74) is 2.27. The van der Waals surface area contributed by atoms with E-state index in [1.165, 1.54) is 25.7 Å². The van der Waals surface area contributed by atoms with Gasteiger partial charge in [0.05, 0.1) is 0 Å². The van der Waals surface area contributed by atoms with Crippen LogP contribution >= 0.6 is 0 Å². The van der Waals surface area contributed by atoms with E-state index < -0.39 is 0 Å². The molecular weight excluding hydrogens is 186 g/mol. The summed E-state index contributed by atoms with van der Waals surface area (Å²) in [7, 11) is 0. The lowest BCUT2D eigenvalue weighted by atomic mass is 10.1. The Kier molecular flexibility index (Phi) is 3.14. The zero-order valence-corrected chi connectivity index (χ0v) is 9.29. The first-order valence-electron chi connectivity index (χ1n) is 5.79. The van der Waals surface area contributed by atoms with Crippen molar-refractivity contribution in [1.29, 1.82) is 0 Å². The molecule has 2 nitrogen and oxygen atoms in total. The monoisotopic (exact) mass is 205 g/mol. The number of phenols is 1. The molecule has 1 saturated carbocycles. The maximum atomic E-state index is 9.29. The summed E-state index contributed by atoms with van der Waals surface area (Å²) in [5.74, 6) is 1.19. The van der Waals surface area contributed by atoms with Gasteiger partial charge in [-0.05, 0) is 49.4 Å². The number of benzene rings is 1. The van der Waals surface area contributed by atoms with Crippen LogP contribution in [0.3, 0.4) is 0 Å². The van der Waals surface area contributed by atoms with Crippen LogP contribution in [-0.4, -0.2) is 11.7 Å². The Morgan fingerprint density at radius 3 is 2.73 bits per heavy atom. The highest BCUT2D eigenvalue weighted by Gasteiger charge is 2.14. The molecule has 2 heteroatoms. The van der Waals surface area contributed by atoms with Gasteiger partial charge in [-0.25, -0.2) is 0 Å². The number of aryl methyl sites for hydroxylation is 1. The summed E-state index contributed by atoms with van der Waals surface area (Å²) in [6, 6.07) is 5.50. The third-order valence-electron chi connectivity index (χ3n) is 3.27. The zero-order valence-electron chi connectivity index (χ0n) is 9.29. The van der Waals surface area contributed by atoms with E-state index in [1.807, 2.05) is 13.0 Å². The van der Waals surface area contributed by atoms with E-state index in [1.54, 1.807) is 12.1 Å². The van der Waals surface area contributed by atoms with Crippen LogP contribution < -0.4 is 5.32 Å². The molecule has 1 aliphatic carbocycles. The molecule has 0 aliphatic heterocycles. The normalized spacial score (nSPS) is 16.9. The first kappa shape index (κ1) is 10.3. The van der Waals surface area contributed by atoms with Gasteiger partial charge >= 0.3 is 0 Å². The van der Waals surface area contributed by atoms with Gasteiger partial charge in [-0.2, -0.15) is 0 Å². The Hall–Kier alpha value is -1.18. The van der Waals surface area contributed by atoms with E-state index in [0.29, 0.717) is 5.75 Å². The van der Waals surface area contributed by atoms with Crippen molar-refractivity contribution in [2.45, 2.75) is 32.6 Å². The number of rotatable bonds is 3. The van der Waals surface area contributed by atoms with E-state index in [9.17, 15) is 5.11 Å². The molecule has 0 spiro atoms. The highest BCUT2D eigenvalue weighted by atomic mass is 16.3. The minimum absolute atomic E-state index is 0.346. The highest BCUT2D eigenvalue weighted by molar-refractivity contribution is 5.53. The molecule has 82 valence electrons. The van der Waals surface area contributed by atoms with Crippen molar-refractivity contribution < 1.29 is 5.11 Å². The molecule has 2 rings (SSSR count). The summed E-state index contributed by atoms with van der Waals surface area (Å²) < 4.78 is 0. The van der Waals surface area contributed by atoms with Gasteiger partial charge in [0.15, 0.2) is 0 Å². The number of phenolic OH excluding ortho intramolecular Hbond substituents is 1. The fraction of sp³-hybridized carbons (Fsp3) is 0.538. The molecule has 1 aromatic carbocycles. The van der Waals surface area contributed by atoms with Crippen molar-refractivity contribution in [2.24, 2.45) is 5.92 Å². The molecule has 1 aliphatic rings. The van der Waals surface area contributed by atoms with Gasteiger partial charge in [-0.15, -0.1) is 0 Å². The molecule has 15 heavy (non-hydrogen) atoms. The minimum Gasteiger partial charge on any atom is -0.508 e. The predicted octanol–water partition coefficient (Wildman–Crippen LogP) is 3.30. The number of aromatic hydroxyl groups is 1. The van der Waals surface area contributed by atoms with Crippen molar-refractivity contribution in [2.75, 3.05) is 11.9 Å². The summed E-state index contributed by atoms with van der Waals surface area (Å²) in [4.78, 5) is 0. The smallest absolute Gasteiger partial charge is 0.115 e. The summed E-state index contributed by atoms with van der Waals surface area (Å²) in [6.07, 6.45) is 5.51. The lowest BCUT2D eigenvalue weighted by Gasteiger charge is -2.13. The summed E-state index contributed by atoms with van der Waals surface area (Å²) in [6.45, 7) is 3.10. The predicted molar refractivity (Wildman–Crippen MR) is 63.3 cm³/mol. The largest absolute Gasteiger partial charge is 0.508 e. The van der Waals surface area contributed by atoms with Gasteiger partial charge in [0, 0.05) is 12.2 Å². The van der Waals surface area contributed by atoms with Crippen LogP contribution in [0.4, 0.5) is 5.69 Å². The fourth-order valence-corrected chi connectivity index (χ4v) is 2.31. The van der Waals surface area contributed by atoms with Crippen LogP contribution in [0.2, 0.25) is 0 Å². The van der Waals surface area contributed by atoms with Gasteiger partial charge in [-0.3, -0.25) is 0 Å². The van der Waals surface area contributed by atoms with Crippen molar-refractivity contribution in [1.82, 2.24) is 0 Å². The Balaban J connectivity index is 1.92. The van der Waals surface area contributed by atoms with Crippen LogP contribution in [0.1, 0.15) is 31.2 Å². The Morgan fingerprint density at radius 2 is 2.07 bits per heavy atom. The summed E-state index contributed by atoms with van der Waals surface area (Å²) in [5, 5.41) is 12.8. The number of anilines is 1. The highest BCUT2D eigenvalue weighted by Crippen LogP contribution is 2.26. The standard InChI is InChI=1S/C13H19NO/c1-10-8-12(15)6-7-13(10)14-9-11-4-2-3-5-11/h6-8,11,14-15H,2-5,9H2,1H3. The molecule has 0 aromatic heterocycles. The number of nitrogens with one attached hydrogen (secondary N) is 1. The second-order valence-corrected chi connectivity index (χ2v) is 4.53.